The molecule has 0 aliphatic carbocycles. The second-order valence-corrected chi connectivity index (χ2v) is 6.20. The van der Waals surface area contributed by atoms with Gasteiger partial charge in [0.05, 0.1) is 5.69 Å². The summed E-state index contributed by atoms with van der Waals surface area (Å²) in [4.78, 5) is 14.8. The lowest BCUT2D eigenvalue weighted by Gasteiger charge is -2.26. The summed E-state index contributed by atoms with van der Waals surface area (Å²) in [5, 5.41) is 7.47. The van der Waals surface area contributed by atoms with Crippen LogP contribution in [0, 0.1) is 0 Å². The number of rotatable bonds is 5. The summed E-state index contributed by atoms with van der Waals surface area (Å²) in [5.74, 6) is -0.0579. The van der Waals surface area contributed by atoms with Gasteiger partial charge in [-0.1, -0.05) is 6.42 Å². The SMILES string of the molecule is Cn1cccc1-c1cc(C(=O)NCCN2CCCCC2)n(C)n1. The third-order valence-corrected chi connectivity index (χ3v) is 4.48. The minimum Gasteiger partial charge on any atom is -0.349 e. The molecule has 1 fully saturated rings. The predicted octanol–water partition coefficient (Wildman–Crippen LogP) is 1.64. The molecular weight excluding hydrogens is 290 g/mol. The van der Waals surface area contributed by atoms with Crippen molar-refractivity contribution in [1.82, 2.24) is 24.6 Å². The highest BCUT2D eigenvalue weighted by Gasteiger charge is 2.16. The fourth-order valence-electron chi connectivity index (χ4n) is 3.13. The molecule has 1 saturated heterocycles. The van der Waals surface area contributed by atoms with E-state index in [1.54, 1.807) is 4.68 Å². The van der Waals surface area contributed by atoms with Gasteiger partial charge in [0.25, 0.3) is 5.91 Å². The number of carbonyl (C=O) groups excluding carboxylic acids is 1. The molecule has 0 saturated carbocycles. The summed E-state index contributed by atoms with van der Waals surface area (Å²) in [6.45, 7) is 3.91. The molecule has 0 bridgehead atoms. The first-order valence-electron chi connectivity index (χ1n) is 8.31. The van der Waals surface area contributed by atoms with Gasteiger partial charge < -0.3 is 14.8 Å². The van der Waals surface area contributed by atoms with Gasteiger partial charge in [-0.15, -0.1) is 0 Å². The Morgan fingerprint density at radius 1 is 1.26 bits per heavy atom. The van der Waals surface area contributed by atoms with Crippen LogP contribution in [0.3, 0.4) is 0 Å². The fraction of sp³-hybridized carbons (Fsp3) is 0.529. The standard InChI is InChI=1S/C17H25N5O/c1-20-9-6-7-15(20)14-13-16(21(2)19-14)17(23)18-8-12-22-10-4-3-5-11-22/h6-7,9,13H,3-5,8,10-12H2,1-2H3,(H,18,23). The minimum absolute atomic E-state index is 0.0579. The van der Waals surface area contributed by atoms with Crippen LogP contribution in [0.2, 0.25) is 0 Å². The molecule has 6 nitrogen and oxygen atoms in total. The normalized spacial score (nSPS) is 15.7. The first kappa shape index (κ1) is 15.8. The molecule has 2 aromatic rings. The molecule has 1 aliphatic rings. The van der Waals surface area contributed by atoms with Crippen molar-refractivity contribution in [3.63, 3.8) is 0 Å². The monoisotopic (exact) mass is 315 g/mol. The van der Waals surface area contributed by atoms with Crippen molar-refractivity contribution >= 4 is 5.91 Å². The number of nitrogens with one attached hydrogen (secondary N) is 1. The number of amides is 1. The highest BCUT2D eigenvalue weighted by molar-refractivity contribution is 5.93. The lowest BCUT2D eigenvalue weighted by Crippen LogP contribution is -2.38. The zero-order valence-electron chi connectivity index (χ0n) is 14.0. The van der Waals surface area contributed by atoms with Gasteiger partial charge >= 0.3 is 0 Å². The number of aromatic nitrogens is 3. The van der Waals surface area contributed by atoms with Gasteiger partial charge in [-0.05, 0) is 44.1 Å². The van der Waals surface area contributed by atoms with E-state index in [9.17, 15) is 4.79 Å². The quantitative estimate of drug-likeness (QED) is 0.912. The van der Waals surface area contributed by atoms with E-state index in [1.165, 1.54) is 19.3 Å². The average Bonchev–Trinajstić information content (AvgIpc) is 3.14. The molecular formula is C17H25N5O. The van der Waals surface area contributed by atoms with E-state index in [2.05, 4.69) is 15.3 Å². The predicted molar refractivity (Wildman–Crippen MR) is 90.2 cm³/mol. The number of hydrogen-bond donors (Lipinski definition) is 1. The molecule has 0 aromatic carbocycles. The van der Waals surface area contributed by atoms with Gasteiger partial charge in [-0.3, -0.25) is 9.48 Å². The lowest BCUT2D eigenvalue weighted by atomic mass is 10.1. The Bertz CT molecular complexity index is 666. The summed E-state index contributed by atoms with van der Waals surface area (Å²) in [5.41, 5.74) is 2.42. The number of piperidine rings is 1. The largest absolute Gasteiger partial charge is 0.349 e. The van der Waals surface area contributed by atoms with Gasteiger partial charge in [0.1, 0.15) is 11.4 Å². The van der Waals surface area contributed by atoms with E-state index in [1.807, 2.05) is 43.1 Å². The van der Waals surface area contributed by atoms with Crippen LogP contribution in [0.5, 0.6) is 0 Å². The zero-order valence-corrected chi connectivity index (χ0v) is 14.0. The van der Waals surface area contributed by atoms with E-state index >= 15 is 0 Å². The van der Waals surface area contributed by atoms with Crippen molar-refractivity contribution in [2.75, 3.05) is 26.2 Å². The summed E-state index contributed by atoms with van der Waals surface area (Å²) >= 11 is 0. The Balaban J connectivity index is 1.59. The molecule has 3 heterocycles. The van der Waals surface area contributed by atoms with Crippen LogP contribution >= 0.6 is 0 Å². The van der Waals surface area contributed by atoms with E-state index in [0.29, 0.717) is 12.2 Å². The number of hydrogen-bond acceptors (Lipinski definition) is 3. The number of aryl methyl sites for hydroxylation is 2. The minimum atomic E-state index is -0.0579. The molecule has 6 heteroatoms. The van der Waals surface area contributed by atoms with Crippen molar-refractivity contribution < 1.29 is 4.79 Å². The van der Waals surface area contributed by atoms with Crippen molar-refractivity contribution in [2.24, 2.45) is 14.1 Å². The van der Waals surface area contributed by atoms with E-state index in [-0.39, 0.29) is 5.91 Å². The molecule has 0 unspecified atom stereocenters. The van der Waals surface area contributed by atoms with Crippen LogP contribution in [-0.4, -0.2) is 51.3 Å². The molecule has 2 aromatic heterocycles. The summed E-state index contributed by atoms with van der Waals surface area (Å²) in [7, 11) is 3.79. The van der Waals surface area contributed by atoms with Crippen LogP contribution in [-0.2, 0) is 14.1 Å². The fourth-order valence-corrected chi connectivity index (χ4v) is 3.13. The van der Waals surface area contributed by atoms with E-state index < -0.39 is 0 Å². The van der Waals surface area contributed by atoms with Crippen LogP contribution in [0.25, 0.3) is 11.4 Å². The molecule has 0 spiro atoms. The number of nitrogens with zero attached hydrogens (tertiary/aromatic N) is 4. The molecule has 1 amide bonds. The third-order valence-electron chi connectivity index (χ3n) is 4.48. The maximum absolute atomic E-state index is 12.4. The molecule has 0 atom stereocenters. The second-order valence-electron chi connectivity index (χ2n) is 6.20. The van der Waals surface area contributed by atoms with Gasteiger partial charge in [0.15, 0.2) is 0 Å². The summed E-state index contributed by atoms with van der Waals surface area (Å²) in [6, 6.07) is 5.83. The van der Waals surface area contributed by atoms with Gasteiger partial charge in [-0.25, -0.2) is 0 Å². The zero-order chi connectivity index (χ0) is 16.2. The Morgan fingerprint density at radius 3 is 2.74 bits per heavy atom. The molecule has 0 radical (unpaired) electrons. The van der Waals surface area contributed by atoms with Crippen LogP contribution in [0.4, 0.5) is 0 Å². The smallest absolute Gasteiger partial charge is 0.269 e. The van der Waals surface area contributed by atoms with Gasteiger partial charge in [0.2, 0.25) is 0 Å². The Kier molecular flexibility index (Phi) is 4.81. The van der Waals surface area contributed by atoms with Crippen LogP contribution in [0.1, 0.15) is 29.8 Å². The highest BCUT2D eigenvalue weighted by Crippen LogP contribution is 2.18. The molecule has 23 heavy (non-hydrogen) atoms. The number of likely N-dealkylation sites (tertiary alicyclic amines) is 1. The van der Waals surface area contributed by atoms with Gasteiger partial charge in [0, 0.05) is 33.4 Å². The van der Waals surface area contributed by atoms with Crippen LogP contribution in [0.15, 0.2) is 24.4 Å². The third kappa shape index (κ3) is 3.64. The maximum atomic E-state index is 12.4. The van der Waals surface area contributed by atoms with Crippen molar-refractivity contribution in [3.05, 3.63) is 30.1 Å². The van der Waals surface area contributed by atoms with E-state index in [0.717, 1.165) is 31.0 Å². The first-order chi connectivity index (χ1) is 11.1. The van der Waals surface area contributed by atoms with Crippen LogP contribution < -0.4 is 5.32 Å². The maximum Gasteiger partial charge on any atom is 0.269 e. The molecule has 3 rings (SSSR count). The molecule has 1 N–H and O–H groups in total. The topological polar surface area (TPSA) is 55.1 Å². The van der Waals surface area contributed by atoms with Crippen molar-refractivity contribution in [1.29, 1.82) is 0 Å². The molecule has 124 valence electrons. The molecule has 1 aliphatic heterocycles. The Labute approximate surface area is 137 Å². The average molecular weight is 315 g/mol. The second kappa shape index (κ2) is 7.00. The Hall–Kier alpha value is -2.08. The number of carbonyl (C=O) groups is 1. The summed E-state index contributed by atoms with van der Waals surface area (Å²) in [6.07, 6.45) is 5.85. The summed E-state index contributed by atoms with van der Waals surface area (Å²) < 4.78 is 3.65. The Morgan fingerprint density at radius 2 is 2.04 bits per heavy atom. The van der Waals surface area contributed by atoms with Crippen molar-refractivity contribution in [2.45, 2.75) is 19.3 Å². The highest BCUT2D eigenvalue weighted by atomic mass is 16.2. The first-order valence-corrected chi connectivity index (χ1v) is 8.31. The van der Waals surface area contributed by atoms with Gasteiger partial charge in [-0.2, -0.15) is 5.10 Å². The van der Waals surface area contributed by atoms with E-state index in [4.69, 9.17) is 0 Å². The lowest BCUT2D eigenvalue weighted by molar-refractivity contribution is 0.0937. The van der Waals surface area contributed by atoms with Crippen molar-refractivity contribution in [3.8, 4) is 11.4 Å².